The first kappa shape index (κ1) is 23.3. The zero-order valence-corrected chi connectivity index (χ0v) is 21.8. The van der Waals surface area contributed by atoms with Crippen molar-refractivity contribution in [1.29, 1.82) is 0 Å². The minimum atomic E-state index is -2.36. The van der Waals surface area contributed by atoms with E-state index in [4.69, 9.17) is 0 Å². The number of fused-ring (bicyclic) bond motifs is 1. The smallest absolute Gasteiger partial charge is 0.194 e. The van der Waals surface area contributed by atoms with Crippen LogP contribution in [0.1, 0.15) is 54.4 Å². The van der Waals surface area contributed by atoms with E-state index < -0.39 is 8.24 Å². The fourth-order valence-corrected chi connectivity index (χ4v) is 12.6. The first-order valence-corrected chi connectivity index (χ1v) is 14.4. The maximum atomic E-state index is 4.37. The summed E-state index contributed by atoms with van der Waals surface area (Å²) in [5, 5.41) is 3.04. The van der Waals surface area contributed by atoms with Gasteiger partial charge in [0.1, 0.15) is 0 Å². The van der Waals surface area contributed by atoms with E-state index in [0.29, 0.717) is 28.7 Å². The number of allylic oxidation sites excluding steroid dienone is 4. The normalized spacial score (nSPS) is 25.7. The van der Waals surface area contributed by atoms with Crippen molar-refractivity contribution in [3.63, 3.8) is 0 Å². The molecule has 2 aromatic carbocycles. The molecule has 4 rings (SSSR count). The van der Waals surface area contributed by atoms with Crippen LogP contribution in [0.2, 0.25) is 5.54 Å². The predicted octanol–water partition coefficient (Wildman–Crippen LogP) is 6.32. The fourth-order valence-electron chi connectivity index (χ4n) is 6.51. The van der Waals surface area contributed by atoms with Gasteiger partial charge in [-0.2, -0.15) is 0 Å². The quantitative estimate of drug-likeness (QED) is 0.533. The van der Waals surface area contributed by atoms with Crippen LogP contribution in [-0.2, 0) is 0 Å². The summed E-state index contributed by atoms with van der Waals surface area (Å²) in [5.74, 6) is 1.94. The molecule has 1 fully saturated rings. The summed E-state index contributed by atoms with van der Waals surface area (Å²) in [5.41, 5.74) is 0.951. The third-order valence-electron chi connectivity index (χ3n) is 7.20. The van der Waals surface area contributed by atoms with Crippen molar-refractivity contribution in [1.82, 2.24) is 4.98 Å². The first-order chi connectivity index (χ1) is 15.1. The van der Waals surface area contributed by atoms with E-state index in [1.54, 1.807) is 0 Å². The summed E-state index contributed by atoms with van der Waals surface area (Å²) in [6.07, 6.45) is 12.2. The molecule has 0 saturated heterocycles. The number of rotatable bonds is 5. The summed E-state index contributed by atoms with van der Waals surface area (Å²) < 4.78 is 0. The van der Waals surface area contributed by atoms with Gasteiger partial charge in [0, 0.05) is 5.54 Å². The average Bonchev–Trinajstić information content (AvgIpc) is 3.09. The van der Waals surface area contributed by atoms with Gasteiger partial charge in [-0.25, -0.2) is 0 Å². The van der Waals surface area contributed by atoms with Crippen LogP contribution in [0.4, 0.5) is 0 Å². The molecule has 2 heteroatoms. The molecule has 4 atom stereocenters. The van der Waals surface area contributed by atoms with Crippen molar-refractivity contribution < 1.29 is 0 Å². The van der Waals surface area contributed by atoms with Crippen LogP contribution >= 0.6 is 0 Å². The van der Waals surface area contributed by atoms with E-state index in [9.17, 15) is 0 Å². The molecule has 0 spiro atoms. The number of hydrogen-bond acceptors (Lipinski definition) is 1. The Morgan fingerprint density at radius 1 is 0.781 bits per heavy atom. The lowest BCUT2D eigenvalue weighted by atomic mass is 9.83. The van der Waals surface area contributed by atoms with E-state index in [1.165, 1.54) is 23.2 Å². The summed E-state index contributed by atoms with van der Waals surface area (Å²) in [4.78, 5) is 4.37. The van der Waals surface area contributed by atoms with Crippen LogP contribution in [0.25, 0.3) is 0 Å². The van der Waals surface area contributed by atoms with Crippen molar-refractivity contribution >= 4 is 18.6 Å². The second-order valence-electron chi connectivity index (χ2n) is 12.2. The van der Waals surface area contributed by atoms with Gasteiger partial charge in [0.15, 0.2) is 8.24 Å². The van der Waals surface area contributed by atoms with E-state index in [2.05, 4.69) is 131 Å². The van der Waals surface area contributed by atoms with Gasteiger partial charge in [-0.1, -0.05) is 106 Å². The Bertz CT molecular complexity index is 906. The molecule has 2 aromatic rings. The van der Waals surface area contributed by atoms with E-state index in [0.717, 1.165) is 0 Å². The second kappa shape index (κ2) is 8.80. The summed E-state index contributed by atoms with van der Waals surface area (Å²) in [7, 11) is -2.36. The molecule has 1 N–H and O–H groups in total. The third kappa shape index (κ3) is 4.72. The molecule has 0 bridgehead atoms. The zero-order chi connectivity index (χ0) is 23.0. The van der Waals surface area contributed by atoms with Gasteiger partial charge in [-0.3, -0.25) is 0 Å². The SMILES string of the molecule is CC(C)(C)CC1CC2C=CC=CC2C1[Si](NC(C)(C)C)(c1ccccc1)c1ccccc1. The van der Waals surface area contributed by atoms with E-state index in [-0.39, 0.29) is 5.54 Å². The highest BCUT2D eigenvalue weighted by atomic mass is 28.3. The third-order valence-corrected chi connectivity index (χ3v) is 12.7. The largest absolute Gasteiger partial charge is 0.325 e. The molecule has 0 heterocycles. The van der Waals surface area contributed by atoms with Crippen molar-refractivity contribution in [2.24, 2.45) is 23.2 Å². The molecule has 0 radical (unpaired) electrons. The molecule has 0 amide bonds. The molecule has 0 aliphatic heterocycles. The standard InChI is InChI=1S/C30H41NSi/c1-29(2,3)22-24-21-23-15-13-14-20-27(23)28(24)32(31-30(4,5)6,25-16-9-7-10-17-25)26-18-11-8-12-19-26/h7-20,23-24,27-28,31H,21-22H2,1-6H3. The van der Waals surface area contributed by atoms with Crippen molar-refractivity contribution in [3.05, 3.63) is 85.0 Å². The van der Waals surface area contributed by atoms with Crippen LogP contribution < -0.4 is 15.4 Å². The number of benzene rings is 2. The van der Waals surface area contributed by atoms with Gasteiger partial charge in [-0.05, 0) is 72.7 Å². The van der Waals surface area contributed by atoms with Gasteiger partial charge in [-0.15, -0.1) is 0 Å². The van der Waals surface area contributed by atoms with Crippen LogP contribution in [0.5, 0.6) is 0 Å². The summed E-state index contributed by atoms with van der Waals surface area (Å²) >= 11 is 0. The zero-order valence-electron chi connectivity index (χ0n) is 20.8. The Morgan fingerprint density at radius 2 is 1.31 bits per heavy atom. The van der Waals surface area contributed by atoms with Gasteiger partial charge in [0.05, 0.1) is 0 Å². The molecule has 2 aliphatic rings. The maximum absolute atomic E-state index is 4.37. The Hall–Kier alpha value is -1.90. The molecule has 32 heavy (non-hydrogen) atoms. The Morgan fingerprint density at radius 3 is 1.81 bits per heavy atom. The Kier molecular flexibility index (Phi) is 6.40. The summed E-state index contributed by atoms with van der Waals surface area (Å²) in [6.45, 7) is 14.3. The van der Waals surface area contributed by atoms with Crippen molar-refractivity contribution in [3.8, 4) is 0 Å². The minimum Gasteiger partial charge on any atom is -0.325 e. The molecule has 4 unspecified atom stereocenters. The molecule has 1 saturated carbocycles. The maximum Gasteiger partial charge on any atom is 0.194 e. The monoisotopic (exact) mass is 443 g/mol. The predicted molar refractivity (Wildman–Crippen MR) is 142 cm³/mol. The van der Waals surface area contributed by atoms with Gasteiger partial charge < -0.3 is 4.98 Å². The Balaban J connectivity index is 1.98. The van der Waals surface area contributed by atoms with Crippen LogP contribution in [0.15, 0.2) is 85.0 Å². The van der Waals surface area contributed by atoms with Crippen LogP contribution in [-0.4, -0.2) is 13.8 Å². The molecule has 2 aliphatic carbocycles. The lowest BCUT2D eigenvalue weighted by Crippen LogP contribution is -2.76. The van der Waals surface area contributed by atoms with Crippen molar-refractivity contribution in [2.75, 3.05) is 0 Å². The topological polar surface area (TPSA) is 12.0 Å². The number of hydrogen-bond donors (Lipinski definition) is 1. The summed E-state index contributed by atoms with van der Waals surface area (Å²) in [6, 6.07) is 22.9. The first-order valence-electron chi connectivity index (χ1n) is 12.4. The van der Waals surface area contributed by atoms with Crippen LogP contribution in [0, 0.1) is 23.2 Å². The second-order valence-corrected chi connectivity index (χ2v) is 15.9. The number of nitrogens with one attached hydrogen (secondary N) is 1. The van der Waals surface area contributed by atoms with Gasteiger partial charge in [0.2, 0.25) is 0 Å². The fraction of sp³-hybridized carbons (Fsp3) is 0.467. The lowest BCUT2D eigenvalue weighted by molar-refractivity contribution is 0.289. The highest BCUT2D eigenvalue weighted by molar-refractivity contribution is 7.01. The molecular weight excluding hydrogens is 402 g/mol. The average molecular weight is 444 g/mol. The molecule has 0 aromatic heterocycles. The molecule has 170 valence electrons. The Labute approximate surface area is 197 Å². The minimum absolute atomic E-state index is 0.0243. The molecular formula is C30H41NSi. The highest BCUT2D eigenvalue weighted by Gasteiger charge is 2.57. The van der Waals surface area contributed by atoms with Gasteiger partial charge in [0.25, 0.3) is 0 Å². The van der Waals surface area contributed by atoms with Gasteiger partial charge >= 0.3 is 0 Å². The lowest BCUT2D eigenvalue weighted by Gasteiger charge is -2.48. The molecule has 1 nitrogen and oxygen atoms in total. The van der Waals surface area contributed by atoms with E-state index in [1.807, 2.05) is 0 Å². The van der Waals surface area contributed by atoms with Crippen molar-refractivity contribution in [2.45, 2.75) is 65.5 Å². The van der Waals surface area contributed by atoms with E-state index >= 15 is 0 Å². The van der Waals surface area contributed by atoms with Crippen LogP contribution in [0.3, 0.4) is 0 Å². The highest BCUT2D eigenvalue weighted by Crippen LogP contribution is 2.55.